The molecule has 5 rings (SSSR count). The summed E-state index contributed by atoms with van der Waals surface area (Å²) in [6.07, 6.45) is -4.79. The number of rotatable bonds is 9. The van der Waals surface area contributed by atoms with E-state index in [2.05, 4.69) is 30.3 Å². The van der Waals surface area contributed by atoms with Gasteiger partial charge >= 0.3 is 12.8 Å². The molecule has 4 aromatic rings. The fraction of sp³-hybridized carbons (Fsp3) is 0.240. The van der Waals surface area contributed by atoms with Gasteiger partial charge in [0.2, 0.25) is 16.0 Å². The number of pyridine rings is 1. The Morgan fingerprint density at radius 3 is 2.20 bits per heavy atom. The molecule has 0 amide bonds. The summed E-state index contributed by atoms with van der Waals surface area (Å²) in [6.45, 7) is -2.85. The number of nitrogens with zero attached hydrogens (tertiary/aromatic N) is 3. The maximum Gasteiger partial charge on any atom is 0.411 e. The van der Waals surface area contributed by atoms with Crippen LogP contribution >= 0.6 is 0 Å². The molecular weight excluding hydrogens is 559 g/mol. The van der Waals surface area contributed by atoms with Crippen LogP contribution in [0, 0.1) is 0 Å². The first-order chi connectivity index (χ1) is 18.8. The Morgan fingerprint density at radius 1 is 0.950 bits per heavy atom. The number of hydrogen-bond acceptors (Lipinski definition) is 8. The molecule has 4 N–H and O–H groups in total. The number of primary sulfonamides is 1. The first-order valence-corrected chi connectivity index (χ1v) is 13.3. The first kappa shape index (κ1) is 27.5. The third-order valence-corrected chi connectivity index (χ3v) is 7.20. The molecular formula is C25H21F5N6O3S. The van der Waals surface area contributed by atoms with Crippen molar-refractivity contribution in [2.24, 2.45) is 5.14 Å². The van der Waals surface area contributed by atoms with Crippen molar-refractivity contribution in [3.05, 3.63) is 66.2 Å². The first-order valence-electron chi connectivity index (χ1n) is 11.8. The van der Waals surface area contributed by atoms with E-state index in [0.717, 1.165) is 0 Å². The van der Waals surface area contributed by atoms with E-state index in [1.807, 2.05) is 0 Å². The van der Waals surface area contributed by atoms with Gasteiger partial charge in [-0.15, -0.1) is 0 Å². The Hall–Kier alpha value is -4.11. The van der Waals surface area contributed by atoms with Crippen LogP contribution in [0.25, 0.3) is 22.3 Å². The van der Waals surface area contributed by atoms with E-state index < -0.39 is 28.4 Å². The number of anilines is 2. The van der Waals surface area contributed by atoms with E-state index in [1.54, 1.807) is 12.1 Å². The predicted molar refractivity (Wildman–Crippen MR) is 136 cm³/mol. The van der Waals surface area contributed by atoms with E-state index in [0.29, 0.717) is 16.8 Å². The van der Waals surface area contributed by atoms with Crippen LogP contribution in [0.4, 0.5) is 33.7 Å². The van der Waals surface area contributed by atoms with Crippen molar-refractivity contribution >= 4 is 32.8 Å². The summed E-state index contributed by atoms with van der Waals surface area (Å²) in [7, 11) is -3.86. The number of fused-ring (bicyclic) bond motifs is 1. The van der Waals surface area contributed by atoms with Gasteiger partial charge in [0.25, 0.3) is 0 Å². The summed E-state index contributed by atoms with van der Waals surface area (Å²) >= 11 is 0. The van der Waals surface area contributed by atoms with Crippen LogP contribution < -0.4 is 20.5 Å². The summed E-state index contributed by atoms with van der Waals surface area (Å²) in [5.41, 5.74) is -0.284. The van der Waals surface area contributed by atoms with E-state index in [1.165, 1.54) is 48.5 Å². The zero-order valence-electron chi connectivity index (χ0n) is 20.4. The lowest BCUT2D eigenvalue weighted by atomic mass is 10.1. The summed E-state index contributed by atoms with van der Waals surface area (Å²) < 4.78 is 93.5. The number of sulfonamides is 1. The molecule has 0 unspecified atom stereocenters. The van der Waals surface area contributed by atoms with Gasteiger partial charge in [0.05, 0.1) is 16.1 Å². The zero-order valence-corrected chi connectivity index (χ0v) is 21.2. The molecule has 1 aliphatic carbocycles. The van der Waals surface area contributed by atoms with E-state index in [9.17, 15) is 30.4 Å². The van der Waals surface area contributed by atoms with Crippen LogP contribution in [0.1, 0.15) is 18.4 Å². The highest BCUT2D eigenvalue weighted by Crippen LogP contribution is 2.51. The number of nitrogens with one attached hydrogen (secondary N) is 2. The Kier molecular flexibility index (Phi) is 6.95. The van der Waals surface area contributed by atoms with Gasteiger partial charge in [-0.2, -0.15) is 26.9 Å². The standard InChI is InChI=1S/C25H21F5N6O3S/c26-22(27)39-16-5-3-15(4-6-16)18-9-10-19-20(33-18)21(36-24(11-12-24)25(28,29)30)35-23(34-19)32-13-14-1-7-17(8-2-14)40(31,37)38/h1-10,22H,11-13H2,(H2,31,37,38)(H2,32,34,35,36). The van der Waals surface area contributed by atoms with Crippen LogP contribution in [-0.2, 0) is 16.6 Å². The lowest BCUT2D eigenvalue weighted by Gasteiger charge is -2.22. The fourth-order valence-corrected chi connectivity index (χ4v) is 4.47. The molecule has 2 aromatic carbocycles. The number of halogens is 5. The van der Waals surface area contributed by atoms with Gasteiger partial charge in [0.15, 0.2) is 5.82 Å². The lowest BCUT2D eigenvalue weighted by molar-refractivity contribution is -0.151. The Morgan fingerprint density at radius 2 is 1.62 bits per heavy atom. The van der Waals surface area contributed by atoms with Gasteiger partial charge in [-0.25, -0.2) is 23.5 Å². The van der Waals surface area contributed by atoms with Crippen molar-refractivity contribution in [3.8, 4) is 17.0 Å². The maximum atomic E-state index is 13.8. The molecule has 0 radical (unpaired) electrons. The number of hydrogen-bond donors (Lipinski definition) is 3. The third kappa shape index (κ3) is 5.89. The van der Waals surface area contributed by atoms with E-state index >= 15 is 0 Å². The molecule has 9 nitrogen and oxygen atoms in total. The lowest BCUT2D eigenvalue weighted by Crippen LogP contribution is -2.39. The fourth-order valence-electron chi connectivity index (χ4n) is 3.96. The minimum Gasteiger partial charge on any atom is -0.435 e. The van der Waals surface area contributed by atoms with Crippen LogP contribution in [0.5, 0.6) is 5.75 Å². The average Bonchev–Trinajstić information content (AvgIpc) is 3.68. The molecule has 0 saturated heterocycles. The zero-order chi connectivity index (χ0) is 28.7. The van der Waals surface area contributed by atoms with Gasteiger partial charge < -0.3 is 15.4 Å². The highest BCUT2D eigenvalue weighted by Gasteiger charge is 2.64. The number of nitrogens with two attached hydrogens (primary N) is 1. The highest BCUT2D eigenvalue weighted by atomic mass is 32.2. The van der Waals surface area contributed by atoms with Gasteiger partial charge in [-0.1, -0.05) is 12.1 Å². The van der Waals surface area contributed by atoms with Gasteiger partial charge in [-0.3, -0.25) is 0 Å². The van der Waals surface area contributed by atoms with Crippen LogP contribution in [-0.4, -0.2) is 41.7 Å². The molecule has 210 valence electrons. The normalized spacial score (nSPS) is 14.8. The summed E-state index contributed by atoms with van der Waals surface area (Å²) in [4.78, 5) is 13.1. The number of benzene rings is 2. The van der Waals surface area contributed by atoms with Crippen molar-refractivity contribution in [3.63, 3.8) is 0 Å². The molecule has 1 saturated carbocycles. The second-order valence-corrected chi connectivity index (χ2v) is 10.7. The largest absolute Gasteiger partial charge is 0.435 e. The molecule has 0 aliphatic heterocycles. The molecule has 0 spiro atoms. The van der Waals surface area contributed by atoms with Crippen LogP contribution in [0.2, 0.25) is 0 Å². The van der Waals surface area contributed by atoms with Crippen molar-refractivity contribution in [2.75, 3.05) is 10.6 Å². The molecule has 15 heteroatoms. The second-order valence-electron chi connectivity index (χ2n) is 9.11. The summed E-state index contributed by atoms with van der Waals surface area (Å²) in [6, 6.07) is 14.5. The number of ether oxygens (including phenoxy) is 1. The van der Waals surface area contributed by atoms with Crippen molar-refractivity contribution < 1.29 is 35.1 Å². The summed E-state index contributed by atoms with van der Waals surface area (Å²) in [5, 5.41) is 10.6. The Labute approximate surface area is 224 Å². The highest BCUT2D eigenvalue weighted by molar-refractivity contribution is 7.89. The number of aromatic nitrogens is 3. The quantitative estimate of drug-likeness (QED) is 0.234. The van der Waals surface area contributed by atoms with E-state index in [-0.39, 0.29) is 52.8 Å². The van der Waals surface area contributed by atoms with Crippen molar-refractivity contribution in [2.45, 2.75) is 42.6 Å². The molecule has 1 fully saturated rings. The van der Waals surface area contributed by atoms with Crippen molar-refractivity contribution in [1.82, 2.24) is 15.0 Å². The molecule has 2 heterocycles. The third-order valence-electron chi connectivity index (χ3n) is 6.27. The Balaban J connectivity index is 1.47. The Bertz CT molecular complexity index is 1650. The topological polar surface area (TPSA) is 132 Å². The predicted octanol–water partition coefficient (Wildman–Crippen LogP) is 5.06. The van der Waals surface area contributed by atoms with Gasteiger partial charge in [0.1, 0.15) is 16.8 Å². The monoisotopic (exact) mass is 580 g/mol. The second kappa shape index (κ2) is 10.1. The minimum atomic E-state index is -4.53. The van der Waals surface area contributed by atoms with Crippen LogP contribution in [0.15, 0.2) is 65.6 Å². The van der Waals surface area contributed by atoms with Gasteiger partial charge in [-0.05, 0) is 66.9 Å². The maximum absolute atomic E-state index is 13.8. The summed E-state index contributed by atoms with van der Waals surface area (Å²) in [5.74, 6) is -0.168. The van der Waals surface area contributed by atoms with E-state index in [4.69, 9.17) is 5.14 Å². The molecule has 0 atom stereocenters. The number of alkyl halides is 5. The molecule has 1 aliphatic rings. The minimum absolute atomic E-state index is 0.0200. The molecule has 2 aromatic heterocycles. The van der Waals surface area contributed by atoms with Gasteiger partial charge in [0, 0.05) is 12.1 Å². The molecule has 0 bridgehead atoms. The SMILES string of the molecule is NS(=O)(=O)c1ccc(CNc2nc(NC3(C(F)(F)F)CC3)c3nc(-c4ccc(OC(F)F)cc4)ccc3n2)cc1. The smallest absolute Gasteiger partial charge is 0.411 e. The average molecular weight is 581 g/mol. The molecule has 40 heavy (non-hydrogen) atoms. The van der Waals surface area contributed by atoms with Crippen molar-refractivity contribution in [1.29, 1.82) is 0 Å². The van der Waals surface area contributed by atoms with Crippen LogP contribution in [0.3, 0.4) is 0 Å².